The van der Waals surface area contributed by atoms with Gasteiger partial charge in [-0.25, -0.2) is 4.39 Å². The summed E-state index contributed by atoms with van der Waals surface area (Å²) >= 11 is 6.21. The number of benzene rings is 1. The molecule has 0 aromatic heterocycles. The molecule has 0 bridgehead atoms. The Hall–Kier alpha value is -0.0600. The van der Waals surface area contributed by atoms with Crippen LogP contribution in [-0.4, -0.2) is 37.8 Å². The SMILES string of the molecule is Cc1cccc(Cl)c1[C@H](CF)N1CCNCC1.Cl.Cl. The van der Waals surface area contributed by atoms with Gasteiger partial charge in [0.2, 0.25) is 0 Å². The summed E-state index contributed by atoms with van der Waals surface area (Å²) < 4.78 is 13.4. The highest BCUT2D eigenvalue weighted by Crippen LogP contribution is 2.31. The van der Waals surface area contributed by atoms with Gasteiger partial charge in [-0.1, -0.05) is 23.7 Å². The first-order valence-electron chi connectivity index (χ1n) is 5.99. The molecule has 1 fully saturated rings. The molecule has 1 atom stereocenters. The van der Waals surface area contributed by atoms with E-state index in [1.165, 1.54) is 0 Å². The summed E-state index contributed by atoms with van der Waals surface area (Å²) in [7, 11) is 0. The summed E-state index contributed by atoms with van der Waals surface area (Å²) in [5.41, 5.74) is 2.01. The third-order valence-corrected chi connectivity index (χ3v) is 3.67. The van der Waals surface area contributed by atoms with E-state index in [9.17, 15) is 4.39 Å². The lowest BCUT2D eigenvalue weighted by Gasteiger charge is -2.34. The molecule has 2 nitrogen and oxygen atoms in total. The zero-order valence-corrected chi connectivity index (χ0v) is 13.3. The minimum atomic E-state index is -0.384. The second-order valence-corrected chi connectivity index (χ2v) is 4.83. The normalized spacial score (nSPS) is 17.2. The van der Waals surface area contributed by atoms with Gasteiger partial charge in [0.05, 0.1) is 6.04 Å². The fraction of sp³-hybridized carbons (Fsp3) is 0.538. The molecule has 0 saturated carbocycles. The lowest BCUT2D eigenvalue weighted by Crippen LogP contribution is -2.45. The summed E-state index contributed by atoms with van der Waals surface area (Å²) in [6.45, 7) is 5.19. The lowest BCUT2D eigenvalue weighted by atomic mass is 10.00. The molecule has 0 amide bonds. The van der Waals surface area contributed by atoms with Crippen molar-refractivity contribution in [2.45, 2.75) is 13.0 Å². The van der Waals surface area contributed by atoms with E-state index in [2.05, 4.69) is 10.2 Å². The summed E-state index contributed by atoms with van der Waals surface area (Å²) in [5, 5.41) is 3.95. The van der Waals surface area contributed by atoms with Gasteiger partial charge in [-0.15, -0.1) is 24.8 Å². The largest absolute Gasteiger partial charge is 0.314 e. The van der Waals surface area contributed by atoms with E-state index >= 15 is 0 Å². The van der Waals surface area contributed by atoms with Crippen molar-refractivity contribution in [3.8, 4) is 0 Å². The predicted molar refractivity (Wildman–Crippen MR) is 83.8 cm³/mol. The van der Waals surface area contributed by atoms with Crippen LogP contribution in [-0.2, 0) is 0 Å². The summed E-state index contributed by atoms with van der Waals surface area (Å²) in [4.78, 5) is 2.17. The van der Waals surface area contributed by atoms with Gasteiger partial charge in [0.25, 0.3) is 0 Å². The Kier molecular flexibility index (Phi) is 8.95. The molecular weight excluding hydrogens is 310 g/mol. The number of hydrogen-bond acceptors (Lipinski definition) is 2. The van der Waals surface area contributed by atoms with Crippen molar-refractivity contribution in [1.29, 1.82) is 0 Å². The molecule has 0 unspecified atom stereocenters. The molecule has 1 aliphatic heterocycles. The minimum absolute atomic E-state index is 0. The van der Waals surface area contributed by atoms with Crippen molar-refractivity contribution < 1.29 is 4.39 Å². The Morgan fingerprint density at radius 1 is 1.32 bits per heavy atom. The van der Waals surface area contributed by atoms with E-state index in [0.29, 0.717) is 5.02 Å². The first kappa shape index (κ1) is 18.9. The molecule has 1 aromatic rings. The highest BCUT2D eigenvalue weighted by Gasteiger charge is 2.25. The van der Waals surface area contributed by atoms with Crippen LogP contribution in [0, 0.1) is 6.92 Å². The van der Waals surface area contributed by atoms with Crippen LogP contribution in [0.15, 0.2) is 18.2 Å². The van der Waals surface area contributed by atoms with Gasteiger partial charge < -0.3 is 5.32 Å². The van der Waals surface area contributed by atoms with Gasteiger partial charge >= 0.3 is 0 Å². The molecule has 0 radical (unpaired) electrons. The number of rotatable bonds is 3. The van der Waals surface area contributed by atoms with E-state index in [-0.39, 0.29) is 37.5 Å². The molecular formula is C13H20Cl3FN2. The first-order chi connectivity index (χ1) is 8.24. The Morgan fingerprint density at radius 3 is 2.47 bits per heavy atom. The second kappa shape index (κ2) is 8.98. The van der Waals surface area contributed by atoms with Crippen LogP contribution >= 0.6 is 36.4 Å². The zero-order valence-electron chi connectivity index (χ0n) is 10.9. The van der Waals surface area contributed by atoms with Crippen LogP contribution < -0.4 is 5.32 Å². The maximum atomic E-state index is 13.4. The lowest BCUT2D eigenvalue weighted by molar-refractivity contribution is 0.147. The highest BCUT2D eigenvalue weighted by atomic mass is 35.5. The highest BCUT2D eigenvalue weighted by molar-refractivity contribution is 6.31. The maximum absolute atomic E-state index is 13.4. The molecule has 19 heavy (non-hydrogen) atoms. The fourth-order valence-corrected chi connectivity index (χ4v) is 2.77. The summed E-state index contributed by atoms with van der Waals surface area (Å²) in [6.07, 6.45) is 0. The standard InChI is InChI=1S/C13H18ClFN2.2ClH/c1-10-3-2-4-11(14)13(10)12(9-15)17-7-5-16-6-8-17;;/h2-4,12,16H,5-9H2,1H3;2*1H/t12-;;/m0../s1. The first-order valence-corrected chi connectivity index (χ1v) is 6.37. The topological polar surface area (TPSA) is 15.3 Å². The van der Waals surface area contributed by atoms with Crippen LogP contribution in [0.25, 0.3) is 0 Å². The molecule has 0 spiro atoms. The van der Waals surface area contributed by atoms with Crippen molar-refractivity contribution in [2.75, 3.05) is 32.9 Å². The molecule has 1 aromatic carbocycles. The number of nitrogens with zero attached hydrogens (tertiary/aromatic N) is 1. The van der Waals surface area contributed by atoms with Gasteiger partial charge in [-0.05, 0) is 24.1 Å². The number of alkyl halides is 1. The van der Waals surface area contributed by atoms with Crippen molar-refractivity contribution in [2.24, 2.45) is 0 Å². The molecule has 1 aliphatic rings. The van der Waals surface area contributed by atoms with Crippen LogP contribution in [0.5, 0.6) is 0 Å². The van der Waals surface area contributed by atoms with Crippen LogP contribution in [0.1, 0.15) is 17.2 Å². The van der Waals surface area contributed by atoms with E-state index in [1.54, 1.807) is 0 Å². The Balaban J connectivity index is 0.00000162. The van der Waals surface area contributed by atoms with Gasteiger partial charge in [-0.2, -0.15) is 0 Å². The molecule has 1 N–H and O–H groups in total. The van der Waals surface area contributed by atoms with E-state index in [4.69, 9.17) is 11.6 Å². The Labute approximate surface area is 131 Å². The van der Waals surface area contributed by atoms with Gasteiger partial charge in [0, 0.05) is 31.2 Å². The second-order valence-electron chi connectivity index (χ2n) is 4.43. The van der Waals surface area contributed by atoms with Gasteiger partial charge in [0.1, 0.15) is 6.67 Å². The quantitative estimate of drug-likeness (QED) is 0.914. The summed E-state index contributed by atoms with van der Waals surface area (Å²) in [6, 6.07) is 5.54. The van der Waals surface area contributed by atoms with Crippen molar-refractivity contribution in [3.05, 3.63) is 34.3 Å². The van der Waals surface area contributed by atoms with Gasteiger partial charge in [0.15, 0.2) is 0 Å². The Morgan fingerprint density at radius 2 is 1.95 bits per heavy atom. The smallest absolute Gasteiger partial charge is 0.109 e. The van der Waals surface area contributed by atoms with E-state index in [0.717, 1.165) is 37.3 Å². The van der Waals surface area contributed by atoms with Crippen molar-refractivity contribution in [1.82, 2.24) is 10.2 Å². The maximum Gasteiger partial charge on any atom is 0.109 e. The number of piperazine rings is 1. The number of aryl methyl sites for hydroxylation is 1. The fourth-order valence-electron chi connectivity index (χ4n) is 2.42. The molecule has 2 rings (SSSR count). The number of hydrogen-bond donors (Lipinski definition) is 1. The molecule has 1 saturated heterocycles. The summed E-state index contributed by atoms with van der Waals surface area (Å²) in [5.74, 6) is 0. The zero-order chi connectivity index (χ0) is 12.3. The third-order valence-electron chi connectivity index (χ3n) is 3.34. The monoisotopic (exact) mass is 328 g/mol. The molecule has 0 aliphatic carbocycles. The number of halogens is 4. The molecule has 6 heteroatoms. The van der Waals surface area contributed by atoms with Crippen LogP contribution in [0.3, 0.4) is 0 Å². The van der Waals surface area contributed by atoms with Crippen molar-refractivity contribution >= 4 is 36.4 Å². The van der Waals surface area contributed by atoms with E-state index < -0.39 is 0 Å². The van der Waals surface area contributed by atoms with Gasteiger partial charge in [-0.3, -0.25) is 4.90 Å². The van der Waals surface area contributed by atoms with Crippen molar-refractivity contribution in [3.63, 3.8) is 0 Å². The number of nitrogens with one attached hydrogen (secondary N) is 1. The van der Waals surface area contributed by atoms with Crippen LogP contribution in [0.4, 0.5) is 4.39 Å². The predicted octanol–water partition coefficient (Wildman–Crippen LogP) is 3.41. The average molecular weight is 330 g/mol. The molecule has 1 heterocycles. The Bertz CT molecular complexity index is 364. The minimum Gasteiger partial charge on any atom is -0.314 e. The third kappa shape index (κ3) is 4.47. The van der Waals surface area contributed by atoms with E-state index in [1.807, 2.05) is 25.1 Å². The molecule has 110 valence electrons. The van der Waals surface area contributed by atoms with Crippen LogP contribution in [0.2, 0.25) is 5.02 Å². The average Bonchev–Trinajstić information content (AvgIpc) is 2.35.